The number of nitrogens with one attached hydrogen (secondary N) is 1. The Hall–Kier alpha value is -1.42. The molecule has 1 heterocycles. The topological polar surface area (TPSA) is 54.7 Å². The highest BCUT2D eigenvalue weighted by atomic mass is 19.1. The fourth-order valence-corrected chi connectivity index (χ4v) is 2.81. The zero-order valence-corrected chi connectivity index (χ0v) is 10.4. The van der Waals surface area contributed by atoms with Gasteiger partial charge in [-0.15, -0.1) is 0 Å². The first-order valence-electron chi connectivity index (χ1n) is 6.62. The summed E-state index contributed by atoms with van der Waals surface area (Å²) in [5, 5.41) is 0. The number of aromatic amines is 1. The Bertz CT molecular complexity index is 553. The molecule has 1 saturated carbocycles. The van der Waals surface area contributed by atoms with E-state index in [1.54, 1.807) is 6.07 Å². The van der Waals surface area contributed by atoms with Crippen molar-refractivity contribution in [3.8, 4) is 0 Å². The standard InChI is InChI=1S/C14H18FN3/c15-10-5-6-11-12(9-10)18-13(17-11)14(16)7-3-1-2-4-8-14/h5-6,9H,1-4,7-8,16H2,(H,17,18). The van der Waals surface area contributed by atoms with Crippen molar-refractivity contribution in [2.75, 3.05) is 0 Å². The van der Waals surface area contributed by atoms with Crippen LogP contribution in [0.4, 0.5) is 4.39 Å². The van der Waals surface area contributed by atoms with Gasteiger partial charge in [-0.2, -0.15) is 0 Å². The van der Waals surface area contributed by atoms with E-state index in [4.69, 9.17) is 5.73 Å². The van der Waals surface area contributed by atoms with Crippen molar-refractivity contribution in [3.05, 3.63) is 29.8 Å². The second kappa shape index (κ2) is 4.35. The molecule has 3 N–H and O–H groups in total. The first-order chi connectivity index (χ1) is 8.67. The molecule has 0 saturated heterocycles. The largest absolute Gasteiger partial charge is 0.340 e. The molecule has 1 fully saturated rings. The molecule has 96 valence electrons. The van der Waals surface area contributed by atoms with Crippen molar-refractivity contribution in [2.24, 2.45) is 5.73 Å². The quantitative estimate of drug-likeness (QED) is 0.760. The van der Waals surface area contributed by atoms with Crippen molar-refractivity contribution in [1.82, 2.24) is 9.97 Å². The van der Waals surface area contributed by atoms with Crippen LogP contribution in [0.15, 0.2) is 18.2 Å². The minimum atomic E-state index is -0.369. The third kappa shape index (κ3) is 2.01. The van der Waals surface area contributed by atoms with Gasteiger partial charge in [-0.05, 0) is 31.0 Å². The predicted octanol–water partition coefficient (Wildman–Crippen LogP) is 3.21. The summed E-state index contributed by atoms with van der Waals surface area (Å²) in [5.74, 6) is 0.564. The molecule has 0 unspecified atom stereocenters. The van der Waals surface area contributed by atoms with Crippen LogP contribution < -0.4 is 5.73 Å². The van der Waals surface area contributed by atoms with Crippen molar-refractivity contribution >= 4 is 11.0 Å². The molecule has 18 heavy (non-hydrogen) atoms. The van der Waals surface area contributed by atoms with Crippen LogP contribution in [0.2, 0.25) is 0 Å². The van der Waals surface area contributed by atoms with Crippen LogP contribution in [0, 0.1) is 5.82 Å². The molecule has 0 atom stereocenters. The average Bonchev–Trinajstić information content (AvgIpc) is 2.65. The van der Waals surface area contributed by atoms with E-state index in [9.17, 15) is 4.39 Å². The number of halogens is 1. The van der Waals surface area contributed by atoms with Gasteiger partial charge in [0.15, 0.2) is 0 Å². The monoisotopic (exact) mass is 247 g/mol. The van der Waals surface area contributed by atoms with Crippen LogP contribution in [0.25, 0.3) is 11.0 Å². The van der Waals surface area contributed by atoms with Gasteiger partial charge in [0.1, 0.15) is 11.6 Å². The Balaban J connectivity index is 2.02. The number of imidazole rings is 1. The number of nitrogens with two attached hydrogens (primary N) is 1. The van der Waals surface area contributed by atoms with Crippen LogP contribution in [-0.2, 0) is 5.54 Å². The number of fused-ring (bicyclic) bond motifs is 1. The van der Waals surface area contributed by atoms with Crippen molar-refractivity contribution in [2.45, 2.75) is 44.1 Å². The lowest BCUT2D eigenvalue weighted by molar-refractivity contribution is 0.366. The SMILES string of the molecule is NC1(c2nc3ccc(F)cc3[nH]2)CCCCCC1. The van der Waals surface area contributed by atoms with Crippen molar-refractivity contribution in [3.63, 3.8) is 0 Å². The summed E-state index contributed by atoms with van der Waals surface area (Å²) in [6, 6.07) is 4.61. The van der Waals surface area contributed by atoms with Gasteiger partial charge in [0.05, 0.1) is 16.6 Å². The van der Waals surface area contributed by atoms with Crippen molar-refractivity contribution in [1.29, 1.82) is 0 Å². The predicted molar refractivity (Wildman–Crippen MR) is 69.6 cm³/mol. The van der Waals surface area contributed by atoms with E-state index < -0.39 is 0 Å². The normalized spacial score (nSPS) is 19.9. The first kappa shape index (κ1) is 11.7. The maximum Gasteiger partial charge on any atom is 0.127 e. The van der Waals surface area contributed by atoms with E-state index in [1.807, 2.05) is 0 Å². The number of hydrogen-bond donors (Lipinski definition) is 2. The van der Waals surface area contributed by atoms with Gasteiger partial charge in [-0.1, -0.05) is 25.7 Å². The third-order valence-electron chi connectivity index (χ3n) is 3.91. The van der Waals surface area contributed by atoms with E-state index in [1.165, 1.54) is 25.0 Å². The summed E-state index contributed by atoms with van der Waals surface area (Å²) >= 11 is 0. The van der Waals surface area contributed by atoms with Crippen LogP contribution in [0.1, 0.15) is 44.3 Å². The molecule has 0 bridgehead atoms. The zero-order valence-electron chi connectivity index (χ0n) is 10.4. The zero-order chi connectivity index (χ0) is 12.6. The first-order valence-corrected chi connectivity index (χ1v) is 6.62. The van der Waals surface area contributed by atoms with Crippen LogP contribution >= 0.6 is 0 Å². The van der Waals surface area contributed by atoms with E-state index in [-0.39, 0.29) is 11.4 Å². The molecular formula is C14H18FN3. The van der Waals surface area contributed by atoms with Gasteiger partial charge >= 0.3 is 0 Å². The Morgan fingerprint density at radius 2 is 1.89 bits per heavy atom. The summed E-state index contributed by atoms with van der Waals surface area (Å²) in [5.41, 5.74) is 7.65. The van der Waals surface area contributed by atoms with Gasteiger partial charge in [-0.25, -0.2) is 9.37 Å². The lowest BCUT2D eigenvalue weighted by atomic mass is 9.91. The number of rotatable bonds is 1. The number of hydrogen-bond acceptors (Lipinski definition) is 2. The van der Waals surface area contributed by atoms with E-state index in [0.717, 1.165) is 42.5 Å². The fraction of sp³-hybridized carbons (Fsp3) is 0.500. The van der Waals surface area contributed by atoms with Gasteiger partial charge in [0.25, 0.3) is 0 Å². The van der Waals surface area contributed by atoms with Gasteiger partial charge in [-0.3, -0.25) is 0 Å². The Labute approximate surface area is 106 Å². The molecule has 4 heteroatoms. The molecule has 1 aliphatic rings. The molecule has 2 aromatic rings. The lowest BCUT2D eigenvalue weighted by Gasteiger charge is -2.25. The third-order valence-corrected chi connectivity index (χ3v) is 3.91. The number of aromatic nitrogens is 2. The highest BCUT2D eigenvalue weighted by Gasteiger charge is 2.31. The highest BCUT2D eigenvalue weighted by molar-refractivity contribution is 5.75. The second-order valence-corrected chi connectivity index (χ2v) is 5.32. The van der Waals surface area contributed by atoms with Crippen LogP contribution in [0.3, 0.4) is 0 Å². The molecule has 0 amide bonds. The molecule has 3 nitrogen and oxygen atoms in total. The Morgan fingerprint density at radius 1 is 1.17 bits per heavy atom. The molecule has 1 aromatic heterocycles. The molecular weight excluding hydrogens is 229 g/mol. The maximum absolute atomic E-state index is 13.2. The Morgan fingerprint density at radius 3 is 2.61 bits per heavy atom. The van der Waals surface area contributed by atoms with E-state index in [0.29, 0.717) is 0 Å². The summed E-state index contributed by atoms with van der Waals surface area (Å²) < 4.78 is 13.2. The summed E-state index contributed by atoms with van der Waals surface area (Å²) in [6.45, 7) is 0. The van der Waals surface area contributed by atoms with Gasteiger partial charge in [0, 0.05) is 0 Å². The van der Waals surface area contributed by atoms with Crippen molar-refractivity contribution < 1.29 is 4.39 Å². The molecule has 1 aliphatic carbocycles. The van der Waals surface area contributed by atoms with Gasteiger partial charge in [0.2, 0.25) is 0 Å². The Kier molecular flexibility index (Phi) is 2.82. The molecule has 3 rings (SSSR count). The molecule has 0 spiro atoms. The minimum absolute atomic E-state index is 0.246. The summed E-state index contributed by atoms with van der Waals surface area (Å²) in [4.78, 5) is 7.74. The molecule has 0 radical (unpaired) electrons. The number of H-pyrrole nitrogens is 1. The second-order valence-electron chi connectivity index (χ2n) is 5.32. The summed E-state index contributed by atoms with van der Waals surface area (Å²) in [7, 11) is 0. The fourth-order valence-electron chi connectivity index (χ4n) is 2.81. The lowest BCUT2D eigenvalue weighted by Crippen LogP contribution is -2.37. The smallest absolute Gasteiger partial charge is 0.127 e. The minimum Gasteiger partial charge on any atom is -0.340 e. The average molecular weight is 247 g/mol. The number of benzene rings is 1. The maximum atomic E-state index is 13.2. The number of nitrogens with zero attached hydrogens (tertiary/aromatic N) is 1. The molecule has 1 aromatic carbocycles. The van der Waals surface area contributed by atoms with Crippen LogP contribution in [0.5, 0.6) is 0 Å². The van der Waals surface area contributed by atoms with Crippen LogP contribution in [-0.4, -0.2) is 9.97 Å². The molecule has 0 aliphatic heterocycles. The summed E-state index contributed by atoms with van der Waals surface area (Å²) in [6.07, 6.45) is 6.68. The van der Waals surface area contributed by atoms with E-state index in [2.05, 4.69) is 9.97 Å². The highest BCUT2D eigenvalue weighted by Crippen LogP contribution is 2.33. The van der Waals surface area contributed by atoms with E-state index >= 15 is 0 Å². The van der Waals surface area contributed by atoms with Gasteiger partial charge < -0.3 is 10.7 Å².